The Kier molecular flexibility index (Phi) is 9.83. The summed E-state index contributed by atoms with van der Waals surface area (Å²) in [7, 11) is 1.57. The van der Waals surface area contributed by atoms with Crippen molar-refractivity contribution in [1.82, 2.24) is 10.2 Å². The van der Waals surface area contributed by atoms with Crippen LogP contribution in [0.4, 0.5) is 14.5 Å². The van der Waals surface area contributed by atoms with Crippen LogP contribution in [0, 0.1) is 5.41 Å². The van der Waals surface area contributed by atoms with Gasteiger partial charge in [-0.1, -0.05) is 20.3 Å². The minimum Gasteiger partial charge on any atom is -0.404 e. The third-order valence-electron chi connectivity index (χ3n) is 7.22. The molecule has 202 valence electrons. The smallest absolute Gasteiger partial charge is 0.264 e. The molecule has 2 heterocycles. The first-order valence-corrected chi connectivity index (χ1v) is 13.1. The minimum absolute atomic E-state index is 0.0349. The van der Waals surface area contributed by atoms with Gasteiger partial charge in [0.2, 0.25) is 5.91 Å². The quantitative estimate of drug-likeness (QED) is 0.318. The predicted octanol–water partition coefficient (Wildman–Crippen LogP) is 5.03. The average Bonchev–Trinajstić information content (AvgIpc) is 2.89. The fourth-order valence-electron chi connectivity index (χ4n) is 5.20. The topological polar surface area (TPSA) is 97.8 Å². The van der Waals surface area contributed by atoms with Crippen molar-refractivity contribution in [2.75, 3.05) is 31.6 Å². The van der Waals surface area contributed by atoms with Gasteiger partial charge in [-0.3, -0.25) is 15.2 Å². The first kappa shape index (κ1) is 28.3. The molecule has 0 aliphatic carbocycles. The zero-order valence-electron chi connectivity index (χ0n) is 22.4. The minimum atomic E-state index is -2.71. The predicted molar refractivity (Wildman–Crippen MR) is 147 cm³/mol. The van der Waals surface area contributed by atoms with Gasteiger partial charge in [-0.05, 0) is 48.9 Å². The monoisotopic (exact) mass is 514 g/mol. The number of allylic oxidation sites excluding steroid dienone is 1. The largest absolute Gasteiger partial charge is 0.404 e. The molecule has 0 bridgehead atoms. The van der Waals surface area contributed by atoms with Crippen molar-refractivity contribution < 1.29 is 13.6 Å². The number of rotatable bonds is 9. The lowest BCUT2D eigenvalue weighted by molar-refractivity contribution is -0.128. The number of hydrogen-bond acceptors (Lipinski definition) is 5. The molecule has 1 atom stereocenters. The van der Waals surface area contributed by atoms with E-state index in [1.54, 1.807) is 24.9 Å². The van der Waals surface area contributed by atoms with Gasteiger partial charge in [-0.25, -0.2) is 8.78 Å². The summed E-state index contributed by atoms with van der Waals surface area (Å²) in [5, 5.41) is 12.9. The van der Waals surface area contributed by atoms with Gasteiger partial charge in [-0.2, -0.15) is 0 Å². The zero-order valence-corrected chi connectivity index (χ0v) is 22.4. The average molecular weight is 515 g/mol. The van der Waals surface area contributed by atoms with E-state index in [4.69, 9.17) is 5.73 Å². The summed E-state index contributed by atoms with van der Waals surface area (Å²) in [6, 6.07) is 3.55. The fourth-order valence-corrected chi connectivity index (χ4v) is 5.20. The third-order valence-corrected chi connectivity index (χ3v) is 7.22. The molecule has 4 N–H and O–H groups in total. The van der Waals surface area contributed by atoms with Crippen LogP contribution in [0.25, 0.3) is 5.57 Å². The molecule has 7 nitrogen and oxygen atoms in total. The molecule has 2 aliphatic rings. The van der Waals surface area contributed by atoms with E-state index in [-0.39, 0.29) is 23.3 Å². The Morgan fingerprint density at radius 1 is 1.27 bits per heavy atom. The second-order valence-corrected chi connectivity index (χ2v) is 9.67. The van der Waals surface area contributed by atoms with Gasteiger partial charge in [0.15, 0.2) is 0 Å². The van der Waals surface area contributed by atoms with Crippen LogP contribution in [0.15, 0.2) is 34.6 Å². The Hall–Kier alpha value is -3.23. The number of fused-ring (bicyclic) bond motifs is 1. The number of nitrogens with one attached hydrogen (secondary N) is 2. The van der Waals surface area contributed by atoms with Crippen LogP contribution in [0.2, 0.25) is 0 Å². The van der Waals surface area contributed by atoms with E-state index in [2.05, 4.69) is 24.2 Å². The number of aliphatic imine (C=N–C) groups is 1. The number of nitrogens with zero attached hydrogens (tertiary/aromatic N) is 3. The Labute approximate surface area is 219 Å². The summed E-state index contributed by atoms with van der Waals surface area (Å²) in [6.45, 7) is 7.31. The van der Waals surface area contributed by atoms with E-state index >= 15 is 0 Å². The molecule has 1 aromatic rings. The second-order valence-electron chi connectivity index (χ2n) is 9.67. The fraction of sp³-hybridized carbons (Fsp3) is 0.536. The SMILES string of the molecule is CCC[C@@H](CC)NC1=C(C(=N)N2CCCc3cc(/C(C=NC)=C/N)c(C(F)F)cc32)CN(C(C)=O)CC1. The van der Waals surface area contributed by atoms with E-state index in [0.717, 1.165) is 48.9 Å². The Morgan fingerprint density at radius 2 is 2.03 bits per heavy atom. The van der Waals surface area contributed by atoms with Crippen molar-refractivity contribution in [2.24, 2.45) is 10.7 Å². The lowest BCUT2D eigenvalue weighted by Crippen LogP contribution is -2.46. The van der Waals surface area contributed by atoms with Crippen LogP contribution in [0.5, 0.6) is 0 Å². The molecule has 0 saturated heterocycles. The molecular weight excluding hydrogens is 474 g/mol. The normalized spacial score (nSPS) is 17.4. The number of halogens is 2. The molecule has 1 amide bonds. The molecule has 1 aromatic carbocycles. The molecule has 3 rings (SSSR count). The molecule has 0 aromatic heterocycles. The highest BCUT2D eigenvalue weighted by Gasteiger charge is 2.31. The van der Waals surface area contributed by atoms with Crippen molar-refractivity contribution in [3.8, 4) is 0 Å². The van der Waals surface area contributed by atoms with Crippen LogP contribution in [0.3, 0.4) is 0 Å². The van der Waals surface area contributed by atoms with Gasteiger partial charge >= 0.3 is 0 Å². The molecule has 0 fully saturated rings. The molecule has 2 aliphatic heterocycles. The number of carbonyl (C=O) groups excluding carboxylic acids is 1. The highest BCUT2D eigenvalue weighted by Crippen LogP contribution is 2.38. The maximum Gasteiger partial charge on any atom is 0.264 e. The van der Waals surface area contributed by atoms with E-state index in [1.165, 1.54) is 18.5 Å². The Bertz CT molecular complexity index is 1090. The lowest BCUT2D eigenvalue weighted by Gasteiger charge is -2.38. The van der Waals surface area contributed by atoms with Crippen LogP contribution in [0.1, 0.15) is 76.0 Å². The number of benzene rings is 1. The zero-order chi connectivity index (χ0) is 27.1. The lowest BCUT2D eigenvalue weighted by atomic mass is 9.91. The number of alkyl halides is 2. The van der Waals surface area contributed by atoms with Crippen molar-refractivity contribution in [3.05, 3.63) is 46.3 Å². The van der Waals surface area contributed by atoms with Gasteiger partial charge in [0, 0.05) is 80.0 Å². The summed E-state index contributed by atoms with van der Waals surface area (Å²) in [6.07, 6.45) is 5.23. The van der Waals surface area contributed by atoms with Gasteiger partial charge in [0.1, 0.15) is 5.84 Å². The first-order valence-electron chi connectivity index (χ1n) is 13.1. The summed E-state index contributed by atoms with van der Waals surface area (Å²) in [5.74, 6) is 0.228. The molecule has 0 saturated carbocycles. The molecule has 0 spiro atoms. The van der Waals surface area contributed by atoms with Gasteiger partial charge in [-0.15, -0.1) is 0 Å². The van der Waals surface area contributed by atoms with E-state index in [0.29, 0.717) is 42.9 Å². The van der Waals surface area contributed by atoms with Crippen molar-refractivity contribution in [1.29, 1.82) is 5.41 Å². The summed E-state index contributed by atoms with van der Waals surface area (Å²) >= 11 is 0. The highest BCUT2D eigenvalue weighted by atomic mass is 19.3. The number of amidine groups is 1. The first-order chi connectivity index (χ1) is 17.7. The second kappa shape index (κ2) is 12.8. The van der Waals surface area contributed by atoms with E-state index in [9.17, 15) is 19.0 Å². The number of amides is 1. The van der Waals surface area contributed by atoms with Crippen LogP contribution in [-0.4, -0.2) is 55.6 Å². The molecule has 0 unspecified atom stereocenters. The molecule has 9 heteroatoms. The number of anilines is 1. The third kappa shape index (κ3) is 6.37. The molecule has 37 heavy (non-hydrogen) atoms. The van der Waals surface area contributed by atoms with Gasteiger partial charge in [0.25, 0.3) is 6.43 Å². The Balaban J connectivity index is 2.07. The van der Waals surface area contributed by atoms with Crippen molar-refractivity contribution in [2.45, 2.75) is 71.8 Å². The van der Waals surface area contributed by atoms with Gasteiger partial charge in [0.05, 0.1) is 6.54 Å². The number of hydrogen-bond donors (Lipinski definition) is 3. The van der Waals surface area contributed by atoms with Crippen molar-refractivity contribution in [3.63, 3.8) is 0 Å². The number of carbonyl (C=O) groups is 1. The summed E-state index contributed by atoms with van der Waals surface area (Å²) in [5.41, 5.74) is 9.66. The maximum atomic E-state index is 14.2. The van der Waals surface area contributed by atoms with Crippen LogP contribution < -0.4 is 16.0 Å². The van der Waals surface area contributed by atoms with Gasteiger partial charge < -0.3 is 20.9 Å². The molecule has 0 radical (unpaired) electrons. The van der Waals surface area contributed by atoms with Crippen molar-refractivity contribution >= 4 is 29.2 Å². The number of nitrogens with two attached hydrogens (primary N) is 1. The maximum absolute atomic E-state index is 14.2. The standard InChI is InChI=1S/C28H40F2N6O/c1-5-8-21(6-2)34-25-10-12-35(18(3)37)17-24(25)28(32)36-11-7-9-19-13-22(20(15-31)16-33-4)23(27(29)30)14-26(19)36/h13-16,21,27,32,34H,5-12,17,31H2,1-4H3/b20-15+,32-28?,33-16?/t21-/m1/s1. The van der Waals surface area contributed by atoms with Crippen LogP contribution >= 0.6 is 0 Å². The Morgan fingerprint density at radius 3 is 2.62 bits per heavy atom. The molecular formula is C28H40F2N6O. The van der Waals surface area contributed by atoms with E-state index < -0.39 is 6.43 Å². The highest BCUT2D eigenvalue weighted by molar-refractivity contribution is 6.12. The summed E-state index contributed by atoms with van der Waals surface area (Å²) < 4.78 is 28.5. The van der Waals surface area contributed by atoms with E-state index in [1.807, 2.05) is 4.90 Å². The number of aryl methyl sites for hydroxylation is 1. The summed E-state index contributed by atoms with van der Waals surface area (Å²) in [4.78, 5) is 19.8. The van der Waals surface area contributed by atoms with Crippen LogP contribution in [-0.2, 0) is 11.2 Å².